The van der Waals surface area contributed by atoms with Crippen LogP contribution < -0.4 is 10.1 Å². The van der Waals surface area contributed by atoms with Gasteiger partial charge in [0.2, 0.25) is 5.88 Å². The van der Waals surface area contributed by atoms with E-state index in [1.54, 1.807) is 19.6 Å². The van der Waals surface area contributed by atoms with E-state index >= 15 is 0 Å². The summed E-state index contributed by atoms with van der Waals surface area (Å²) in [6.45, 7) is 4.98. The number of aromatic nitrogens is 3. The van der Waals surface area contributed by atoms with Crippen molar-refractivity contribution in [1.82, 2.24) is 19.9 Å². The standard InChI is InChI=1S/C16H21N5O/c1-12-7-15(19-11-18-12)20-14-4-6-21(10-14)9-13-3-5-17-16(8-13)22-2/h3,5,7-8,11,14H,4,6,9-10H2,1-2H3,(H,18,19,20). The van der Waals surface area contributed by atoms with E-state index in [1.807, 2.05) is 25.1 Å². The van der Waals surface area contributed by atoms with Crippen LogP contribution in [0.4, 0.5) is 5.82 Å². The zero-order valence-corrected chi connectivity index (χ0v) is 13.0. The first-order valence-electron chi connectivity index (χ1n) is 7.49. The van der Waals surface area contributed by atoms with E-state index in [9.17, 15) is 0 Å². The first kappa shape index (κ1) is 14.7. The first-order chi connectivity index (χ1) is 10.7. The van der Waals surface area contributed by atoms with Crippen LogP contribution in [0.15, 0.2) is 30.7 Å². The minimum Gasteiger partial charge on any atom is -0.481 e. The molecule has 1 aliphatic rings. The average Bonchev–Trinajstić information content (AvgIpc) is 2.94. The monoisotopic (exact) mass is 299 g/mol. The molecule has 1 aliphatic heterocycles. The molecule has 1 atom stereocenters. The molecule has 0 bridgehead atoms. The van der Waals surface area contributed by atoms with Crippen molar-refractivity contribution in [1.29, 1.82) is 0 Å². The SMILES string of the molecule is COc1cc(CN2CCC(Nc3cc(C)ncn3)C2)ccn1. The van der Waals surface area contributed by atoms with Crippen LogP contribution in [0.2, 0.25) is 0 Å². The fraction of sp³-hybridized carbons (Fsp3) is 0.438. The van der Waals surface area contributed by atoms with E-state index in [1.165, 1.54) is 5.56 Å². The average molecular weight is 299 g/mol. The zero-order valence-electron chi connectivity index (χ0n) is 13.0. The van der Waals surface area contributed by atoms with Crippen LogP contribution in [0.25, 0.3) is 0 Å². The molecule has 0 amide bonds. The topological polar surface area (TPSA) is 63.2 Å². The molecule has 116 valence electrons. The highest BCUT2D eigenvalue weighted by Gasteiger charge is 2.22. The molecule has 2 aromatic rings. The van der Waals surface area contributed by atoms with Gasteiger partial charge in [-0.25, -0.2) is 15.0 Å². The quantitative estimate of drug-likeness (QED) is 0.909. The molecule has 1 unspecified atom stereocenters. The third kappa shape index (κ3) is 3.71. The Labute approximate surface area is 130 Å². The Morgan fingerprint density at radius 3 is 3.05 bits per heavy atom. The molecule has 0 saturated carbocycles. The molecule has 3 rings (SSSR count). The predicted molar refractivity (Wildman–Crippen MR) is 84.9 cm³/mol. The molecule has 1 fully saturated rings. The summed E-state index contributed by atoms with van der Waals surface area (Å²) in [4.78, 5) is 15.0. The molecule has 0 aromatic carbocycles. The number of hydrogen-bond acceptors (Lipinski definition) is 6. The van der Waals surface area contributed by atoms with Gasteiger partial charge < -0.3 is 10.1 Å². The highest BCUT2D eigenvalue weighted by atomic mass is 16.5. The highest BCUT2D eigenvalue weighted by molar-refractivity contribution is 5.36. The summed E-state index contributed by atoms with van der Waals surface area (Å²) in [7, 11) is 1.64. The molecule has 0 spiro atoms. The van der Waals surface area contributed by atoms with Crippen LogP contribution in [-0.2, 0) is 6.54 Å². The Hall–Kier alpha value is -2.21. The second-order valence-electron chi connectivity index (χ2n) is 5.62. The molecule has 2 aromatic heterocycles. The van der Waals surface area contributed by atoms with Gasteiger partial charge in [-0.15, -0.1) is 0 Å². The number of rotatable bonds is 5. The highest BCUT2D eigenvalue weighted by Crippen LogP contribution is 2.18. The number of likely N-dealkylation sites (tertiary alicyclic amines) is 1. The van der Waals surface area contributed by atoms with Crippen molar-refractivity contribution in [2.45, 2.75) is 25.9 Å². The van der Waals surface area contributed by atoms with Gasteiger partial charge in [0.25, 0.3) is 0 Å². The Bertz CT molecular complexity index is 633. The lowest BCUT2D eigenvalue weighted by atomic mass is 10.2. The smallest absolute Gasteiger partial charge is 0.213 e. The summed E-state index contributed by atoms with van der Waals surface area (Å²) in [5.74, 6) is 1.58. The van der Waals surface area contributed by atoms with Crippen LogP contribution in [0.1, 0.15) is 17.7 Å². The number of nitrogens with zero attached hydrogens (tertiary/aromatic N) is 4. The van der Waals surface area contributed by atoms with Crippen LogP contribution >= 0.6 is 0 Å². The molecular weight excluding hydrogens is 278 g/mol. The molecule has 6 nitrogen and oxygen atoms in total. The van der Waals surface area contributed by atoms with E-state index in [2.05, 4.69) is 25.2 Å². The van der Waals surface area contributed by atoms with Crippen LogP contribution in [0, 0.1) is 6.92 Å². The first-order valence-corrected chi connectivity index (χ1v) is 7.49. The number of nitrogens with one attached hydrogen (secondary N) is 1. The second kappa shape index (κ2) is 6.70. The van der Waals surface area contributed by atoms with Gasteiger partial charge in [-0.1, -0.05) is 0 Å². The van der Waals surface area contributed by atoms with Gasteiger partial charge in [-0.2, -0.15) is 0 Å². The molecule has 3 heterocycles. The van der Waals surface area contributed by atoms with Crippen LogP contribution in [0.5, 0.6) is 5.88 Å². The largest absolute Gasteiger partial charge is 0.481 e. The van der Waals surface area contributed by atoms with Crippen molar-refractivity contribution >= 4 is 5.82 Å². The van der Waals surface area contributed by atoms with Crippen molar-refractivity contribution < 1.29 is 4.74 Å². The van der Waals surface area contributed by atoms with Gasteiger partial charge in [-0.3, -0.25) is 4.90 Å². The maximum atomic E-state index is 5.17. The number of hydrogen-bond donors (Lipinski definition) is 1. The molecule has 0 aliphatic carbocycles. The van der Waals surface area contributed by atoms with Gasteiger partial charge in [0.1, 0.15) is 12.1 Å². The van der Waals surface area contributed by atoms with E-state index in [0.717, 1.165) is 37.6 Å². The fourth-order valence-electron chi connectivity index (χ4n) is 2.76. The van der Waals surface area contributed by atoms with Gasteiger partial charge in [0, 0.05) is 49.7 Å². The Balaban J connectivity index is 1.55. The van der Waals surface area contributed by atoms with E-state index in [-0.39, 0.29) is 0 Å². The van der Waals surface area contributed by atoms with Crippen molar-refractivity contribution in [3.05, 3.63) is 42.0 Å². The molecule has 6 heteroatoms. The normalized spacial score (nSPS) is 18.4. The van der Waals surface area contributed by atoms with E-state index < -0.39 is 0 Å². The molecule has 1 saturated heterocycles. The third-order valence-electron chi connectivity index (χ3n) is 3.84. The molecule has 1 N–H and O–H groups in total. The van der Waals surface area contributed by atoms with Crippen molar-refractivity contribution in [3.8, 4) is 5.88 Å². The van der Waals surface area contributed by atoms with Crippen LogP contribution in [-0.4, -0.2) is 46.1 Å². The number of aryl methyl sites for hydroxylation is 1. The number of ether oxygens (including phenoxy) is 1. The maximum absolute atomic E-state index is 5.17. The zero-order chi connectivity index (χ0) is 15.4. The number of pyridine rings is 1. The summed E-state index contributed by atoms with van der Waals surface area (Å²) < 4.78 is 5.17. The van der Waals surface area contributed by atoms with Crippen molar-refractivity contribution in [3.63, 3.8) is 0 Å². The van der Waals surface area contributed by atoms with Crippen LogP contribution in [0.3, 0.4) is 0 Å². The summed E-state index contributed by atoms with van der Waals surface area (Å²) in [5, 5.41) is 3.49. The maximum Gasteiger partial charge on any atom is 0.213 e. The summed E-state index contributed by atoms with van der Waals surface area (Å²) in [6.07, 6.45) is 4.52. The Kier molecular flexibility index (Phi) is 4.48. The van der Waals surface area contributed by atoms with Gasteiger partial charge in [-0.05, 0) is 25.0 Å². The summed E-state index contributed by atoms with van der Waals surface area (Å²) in [6, 6.07) is 6.44. The van der Waals surface area contributed by atoms with E-state index in [0.29, 0.717) is 11.9 Å². The third-order valence-corrected chi connectivity index (χ3v) is 3.84. The minimum atomic E-state index is 0.429. The lowest BCUT2D eigenvalue weighted by Crippen LogP contribution is -2.26. The molecule has 22 heavy (non-hydrogen) atoms. The van der Waals surface area contributed by atoms with Gasteiger partial charge in [0.15, 0.2) is 0 Å². The lowest BCUT2D eigenvalue weighted by molar-refractivity contribution is 0.327. The van der Waals surface area contributed by atoms with Gasteiger partial charge in [0.05, 0.1) is 7.11 Å². The second-order valence-corrected chi connectivity index (χ2v) is 5.62. The molecular formula is C16H21N5O. The number of methoxy groups -OCH3 is 1. The van der Waals surface area contributed by atoms with E-state index in [4.69, 9.17) is 4.74 Å². The van der Waals surface area contributed by atoms with Crippen molar-refractivity contribution in [2.24, 2.45) is 0 Å². The Morgan fingerprint density at radius 1 is 1.32 bits per heavy atom. The molecule has 0 radical (unpaired) electrons. The minimum absolute atomic E-state index is 0.429. The predicted octanol–water partition coefficient (Wildman–Crippen LogP) is 1.88. The lowest BCUT2D eigenvalue weighted by Gasteiger charge is -2.17. The Morgan fingerprint density at radius 2 is 2.23 bits per heavy atom. The van der Waals surface area contributed by atoms with Crippen molar-refractivity contribution in [2.75, 3.05) is 25.5 Å². The van der Waals surface area contributed by atoms with Gasteiger partial charge >= 0.3 is 0 Å². The fourth-order valence-corrected chi connectivity index (χ4v) is 2.76. The number of anilines is 1. The summed E-state index contributed by atoms with van der Waals surface area (Å²) >= 11 is 0. The summed E-state index contributed by atoms with van der Waals surface area (Å²) in [5.41, 5.74) is 2.21.